The van der Waals surface area contributed by atoms with Gasteiger partial charge in [-0.25, -0.2) is 18.3 Å². The molecule has 0 atom stereocenters. The van der Waals surface area contributed by atoms with Crippen LogP contribution in [0.3, 0.4) is 0 Å². The van der Waals surface area contributed by atoms with E-state index in [0.29, 0.717) is 52.2 Å². The Hall–Kier alpha value is -2.07. The van der Waals surface area contributed by atoms with Crippen LogP contribution >= 0.6 is 0 Å². The third kappa shape index (κ3) is 4.67. The molecule has 0 radical (unpaired) electrons. The highest BCUT2D eigenvalue weighted by molar-refractivity contribution is 5.90. The fourth-order valence-electron chi connectivity index (χ4n) is 3.66. The van der Waals surface area contributed by atoms with Gasteiger partial charge in [-0.3, -0.25) is 9.69 Å². The molecule has 2 fully saturated rings. The number of hydrogen-bond acceptors (Lipinski definition) is 6. The van der Waals surface area contributed by atoms with Crippen LogP contribution in [0.1, 0.15) is 42.2 Å². The third-order valence-corrected chi connectivity index (χ3v) is 5.18. The maximum Gasteiger partial charge on any atom is 0.341 e. The Bertz CT molecular complexity index is 683. The first kappa shape index (κ1) is 20.7. The Labute approximate surface area is 162 Å². The number of esters is 1. The number of morpholine rings is 1. The molecule has 0 aliphatic carbocycles. The molecule has 0 N–H and O–H groups in total. The third-order valence-electron chi connectivity index (χ3n) is 5.18. The molecule has 0 saturated carbocycles. The standard InChI is InChI=1S/C18H26F2N4O4/c1-2-28-18(26)14-11-21-24(15(14)16(19)20)12-22-5-3-13(4-6-22)17(25)23-7-9-27-10-8-23/h11,13,16H,2-10,12H2,1H3. The van der Waals surface area contributed by atoms with Crippen molar-refractivity contribution in [2.45, 2.75) is 32.9 Å². The van der Waals surface area contributed by atoms with E-state index in [2.05, 4.69) is 5.10 Å². The van der Waals surface area contributed by atoms with E-state index < -0.39 is 18.1 Å². The second kappa shape index (κ2) is 9.42. The van der Waals surface area contributed by atoms with Crippen LogP contribution < -0.4 is 0 Å². The summed E-state index contributed by atoms with van der Waals surface area (Å²) in [6.07, 6.45) is -0.352. The molecule has 0 aromatic carbocycles. The molecule has 28 heavy (non-hydrogen) atoms. The van der Waals surface area contributed by atoms with Crippen molar-refractivity contribution in [2.24, 2.45) is 5.92 Å². The molecule has 156 valence electrons. The number of piperidine rings is 1. The predicted molar refractivity (Wildman–Crippen MR) is 94.8 cm³/mol. The van der Waals surface area contributed by atoms with Crippen LogP contribution in [0, 0.1) is 5.92 Å². The highest BCUT2D eigenvalue weighted by Crippen LogP contribution is 2.26. The largest absolute Gasteiger partial charge is 0.462 e. The first-order valence-electron chi connectivity index (χ1n) is 9.61. The number of aromatic nitrogens is 2. The summed E-state index contributed by atoms with van der Waals surface area (Å²) < 4.78 is 38.3. The predicted octanol–water partition coefficient (Wildman–Crippen LogP) is 1.53. The SMILES string of the molecule is CCOC(=O)c1cnn(CN2CCC(C(=O)N3CCOCC3)CC2)c1C(F)F. The van der Waals surface area contributed by atoms with Crippen molar-refractivity contribution in [3.05, 3.63) is 17.5 Å². The van der Waals surface area contributed by atoms with Crippen LogP contribution in [0.5, 0.6) is 0 Å². The van der Waals surface area contributed by atoms with E-state index in [-0.39, 0.29) is 30.7 Å². The van der Waals surface area contributed by atoms with Crippen LogP contribution in [0.4, 0.5) is 8.78 Å². The van der Waals surface area contributed by atoms with Gasteiger partial charge >= 0.3 is 5.97 Å². The van der Waals surface area contributed by atoms with E-state index in [4.69, 9.17) is 9.47 Å². The lowest BCUT2D eigenvalue weighted by Gasteiger charge is -2.35. The maximum absolute atomic E-state index is 13.5. The first-order chi connectivity index (χ1) is 13.5. The molecule has 10 heteroatoms. The molecule has 3 rings (SSSR count). The molecule has 1 aromatic rings. The lowest BCUT2D eigenvalue weighted by Crippen LogP contribution is -2.47. The second-order valence-electron chi connectivity index (χ2n) is 6.94. The monoisotopic (exact) mass is 400 g/mol. The fraction of sp³-hybridized carbons (Fsp3) is 0.722. The Morgan fingerprint density at radius 3 is 2.54 bits per heavy atom. The van der Waals surface area contributed by atoms with E-state index in [1.807, 2.05) is 9.80 Å². The molecule has 1 aromatic heterocycles. The zero-order valence-corrected chi connectivity index (χ0v) is 16.0. The van der Waals surface area contributed by atoms with Gasteiger partial charge < -0.3 is 14.4 Å². The molecule has 2 aliphatic heterocycles. The van der Waals surface area contributed by atoms with Crippen molar-refractivity contribution in [1.82, 2.24) is 19.6 Å². The van der Waals surface area contributed by atoms with E-state index in [1.54, 1.807) is 6.92 Å². The molecular weight excluding hydrogens is 374 g/mol. The van der Waals surface area contributed by atoms with Crippen LogP contribution in [-0.4, -0.2) is 77.5 Å². The van der Waals surface area contributed by atoms with Crippen molar-refractivity contribution in [3.63, 3.8) is 0 Å². The van der Waals surface area contributed by atoms with Gasteiger partial charge in [0.15, 0.2) is 0 Å². The minimum absolute atomic E-state index is 0.0448. The van der Waals surface area contributed by atoms with Crippen LogP contribution in [0.15, 0.2) is 6.20 Å². The van der Waals surface area contributed by atoms with Crippen LogP contribution in [0.25, 0.3) is 0 Å². The van der Waals surface area contributed by atoms with Gasteiger partial charge in [0, 0.05) is 32.1 Å². The number of carbonyl (C=O) groups excluding carboxylic acids is 2. The second-order valence-corrected chi connectivity index (χ2v) is 6.94. The van der Waals surface area contributed by atoms with E-state index in [1.165, 1.54) is 0 Å². The smallest absolute Gasteiger partial charge is 0.341 e. The van der Waals surface area contributed by atoms with E-state index >= 15 is 0 Å². The van der Waals surface area contributed by atoms with Crippen molar-refractivity contribution >= 4 is 11.9 Å². The number of alkyl halides is 2. The molecule has 0 unspecified atom stereocenters. The van der Waals surface area contributed by atoms with Gasteiger partial charge in [0.1, 0.15) is 11.3 Å². The van der Waals surface area contributed by atoms with Crippen molar-refractivity contribution < 1.29 is 27.8 Å². The van der Waals surface area contributed by atoms with Gasteiger partial charge in [0.25, 0.3) is 6.43 Å². The van der Waals surface area contributed by atoms with Crippen molar-refractivity contribution in [3.8, 4) is 0 Å². The minimum Gasteiger partial charge on any atom is -0.462 e. The molecule has 0 spiro atoms. The van der Waals surface area contributed by atoms with Gasteiger partial charge in [0.2, 0.25) is 5.91 Å². The summed E-state index contributed by atoms with van der Waals surface area (Å²) in [4.78, 5) is 28.3. The summed E-state index contributed by atoms with van der Waals surface area (Å²) in [6.45, 7) is 5.49. The average Bonchev–Trinajstić information content (AvgIpc) is 3.13. The summed E-state index contributed by atoms with van der Waals surface area (Å²) >= 11 is 0. The number of amides is 1. The number of hydrogen-bond donors (Lipinski definition) is 0. The molecular formula is C18H26F2N4O4. The van der Waals surface area contributed by atoms with Gasteiger partial charge in [-0.05, 0) is 19.8 Å². The Balaban J connectivity index is 1.58. The van der Waals surface area contributed by atoms with Crippen LogP contribution in [0.2, 0.25) is 0 Å². The number of ether oxygens (including phenoxy) is 2. The molecule has 0 bridgehead atoms. The maximum atomic E-state index is 13.5. The first-order valence-corrected chi connectivity index (χ1v) is 9.61. The molecule has 2 saturated heterocycles. The number of likely N-dealkylation sites (tertiary alicyclic amines) is 1. The Kier molecular flexibility index (Phi) is 6.95. The Morgan fingerprint density at radius 1 is 1.25 bits per heavy atom. The minimum atomic E-state index is -2.83. The summed E-state index contributed by atoms with van der Waals surface area (Å²) in [5.41, 5.74) is -0.626. The van der Waals surface area contributed by atoms with E-state index in [0.717, 1.165) is 10.9 Å². The molecule has 2 aliphatic rings. The van der Waals surface area contributed by atoms with Crippen molar-refractivity contribution in [1.29, 1.82) is 0 Å². The molecule has 8 nitrogen and oxygen atoms in total. The molecule has 3 heterocycles. The number of halogens is 2. The lowest BCUT2D eigenvalue weighted by molar-refractivity contribution is -0.141. The summed E-state index contributed by atoms with van der Waals surface area (Å²) in [6, 6.07) is 0. The van der Waals surface area contributed by atoms with Gasteiger partial charge in [-0.1, -0.05) is 0 Å². The lowest BCUT2D eigenvalue weighted by atomic mass is 9.95. The summed E-state index contributed by atoms with van der Waals surface area (Å²) in [5.74, 6) is -0.685. The van der Waals surface area contributed by atoms with Gasteiger partial charge in [0.05, 0.1) is 32.7 Å². The highest BCUT2D eigenvalue weighted by Gasteiger charge is 2.31. The quantitative estimate of drug-likeness (QED) is 0.674. The number of carbonyl (C=O) groups is 2. The zero-order valence-electron chi connectivity index (χ0n) is 16.0. The van der Waals surface area contributed by atoms with Gasteiger partial charge in [-0.15, -0.1) is 0 Å². The Morgan fingerprint density at radius 2 is 1.93 bits per heavy atom. The topological polar surface area (TPSA) is 76.9 Å². The number of rotatable bonds is 6. The number of nitrogens with zero attached hydrogens (tertiary/aromatic N) is 4. The zero-order chi connectivity index (χ0) is 20.1. The van der Waals surface area contributed by atoms with E-state index in [9.17, 15) is 18.4 Å². The highest BCUT2D eigenvalue weighted by atomic mass is 19.3. The average molecular weight is 400 g/mol. The van der Waals surface area contributed by atoms with Crippen molar-refractivity contribution in [2.75, 3.05) is 46.0 Å². The molecule has 1 amide bonds. The summed E-state index contributed by atoms with van der Waals surface area (Å²) in [7, 11) is 0. The summed E-state index contributed by atoms with van der Waals surface area (Å²) in [5, 5.41) is 3.97. The van der Waals surface area contributed by atoms with Crippen LogP contribution in [-0.2, 0) is 20.9 Å². The van der Waals surface area contributed by atoms with Gasteiger partial charge in [-0.2, -0.15) is 5.10 Å². The normalized spacial score (nSPS) is 19.2. The fourth-order valence-corrected chi connectivity index (χ4v) is 3.66.